The monoisotopic (exact) mass is 282 g/mol. The second kappa shape index (κ2) is 4.94. The van der Waals surface area contributed by atoms with Crippen molar-refractivity contribution in [1.82, 2.24) is 9.62 Å². The molecule has 1 atom stereocenters. The van der Waals surface area contributed by atoms with Crippen molar-refractivity contribution in [2.75, 3.05) is 13.6 Å². The van der Waals surface area contributed by atoms with E-state index < -0.39 is 10.0 Å². The van der Waals surface area contributed by atoms with Crippen molar-refractivity contribution >= 4 is 15.9 Å². The summed E-state index contributed by atoms with van der Waals surface area (Å²) in [7, 11) is -1.89. The smallest absolute Gasteiger partial charge is 0.240 e. The van der Waals surface area contributed by atoms with Crippen LogP contribution >= 0.6 is 0 Å². The first kappa shape index (κ1) is 14.0. The third-order valence-corrected chi connectivity index (χ3v) is 4.97. The molecule has 1 fully saturated rings. The number of aryl methyl sites for hydroxylation is 2. The Bertz CT molecular complexity index is 610. The molecule has 0 saturated carbocycles. The van der Waals surface area contributed by atoms with E-state index in [4.69, 9.17) is 0 Å². The third-order valence-electron chi connectivity index (χ3n) is 3.45. The SMILES string of the molecule is Cc1ccc(S(=O)(=O)NC2CC(=O)N(C)C2)cc1C. The summed E-state index contributed by atoms with van der Waals surface area (Å²) in [4.78, 5) is 13.2. The largest absolute Gasteiger partial charge is 0.344 e. The van der Waals surface area contributed by atoms with Crippen LogP contribution in [0.1, 0.15) is 17.5 Å². The molecule has 2 rings (SSSR count). The van der Waals surface area contributed by atoms with Crippen LogP contribution in [0, 0.1) is 13.8 Å². The van der Waals surface area contributed by atoms with Gasteiger partial charge in [0.05, 0.1) is 4.90 Å². The summed E-state index contributed by atoms with van der Waals surface area (Å²) < 4.78 is 27.0. The fourth-order valence-electron chi connectivity index (χ4n) is 2.11. The number of sulfonamides is 1. The van der Waals surface area contributed by atoms with Crippen molar-refractivity contribution in [3.05, 3.63) is 29.3 Å². The lowest BCUT2D eigenvalue weighted by Gasteiger charge is -2.13. The highest BCUT2D eigenvalue weighted by Gasteiger charge is 2.30. The summed E-state index contributed by atoms with van der Waals surface area (Å²) >= 11 is 0. The van der Waals surface area contributed by atoms with Crippen LogP contribution in [0.3, 0.4) is 0 Å². The Morgan fingerprint density at radius 1 is 1.26 bits per heavy atom. The molecule has 19 heavy (non-hydrogen) atoms. The first-order chi connectivity index (χ1) is 8.79. The van der Waals surface area contributed by atoms with E-state index in [0.717, 1.165) is 11.1 Å². The molecule has 1 aliphatic rings. The summed E-state index contributed by atoms with van der Waals surface area (Å²) in [5.74, 6) is -0.0345. The molecule has 1 amide bonds. The van der Waals surface area contributed by atoms with E-state index in [9.17, 15) is 13.2 Å². The Balaban J connectivity index is 2.19. The lowest BCUT2D eigenvalue weighted by Crippen LogP contribution is -2.36. The predicted octanol–water partition coefficient (Wildman–Crippen LogP) is 0.812. The molecule has 1 saturated heterocycles. The molecule has 1 heterocycles. The molecule has 1 aromatic rings. The van der Waals surface area contributed by atoms with E-state index in [1.54, 1.807) is 25.2 Å². The molecule has 0 spiro atoms. The van der Waals surface area contributed by atoms with Gasteiger partial charge in [0.1, 0.15) is 0 Å². The number of carbonyl (C=O) groups is 1. The Hall–Kier alpha value is -1.40. The van der Waals surface area contributed by atoms with Crippen molar-refractivity contribution in [3.63, 3.8) is 0 Å². The zero-order chi connectivity index (χ0) is 14.2. The molecule has 5 nitrogen and oxygen atoms in total. The Kier molecular flexibility index (Phi) is 3.64. The van der Waals surface area contributed by atoms with Gasteiger partial charge in [-0.15, -0.1) is 0 Å². The highest BCUT2D eigenvalue weighted by atomic mass is 32.2. The Morgan fingerprint density at radius 3 is 2.47 bits per heavy atom. The van der Waals surface area contributed by atoms with Gasteiger partial charge in [0.15, 0.2) is 0 Å². The highest BCUT2D eigenvalue weighted by molar-refractivity contribution is 7.89. The van der Waals surface area contributed by atoms with Gasteiger partial charge in [-0.1, -0.05) is 6.07 Å². The average Bonchev–Trinajstić information content (AvgIpc) is 2.60. The van der Waals surface area contributed by atoms with E-state index in [1.165, 1.54) is 4.90 Å². The van der Waals surface area contributed by atoms with Crippen molar-refractivity contribution in [2.45, 2.75) is 31.2 Å². The fraction of sp³-hybridized carbons (Fsp3) is 0.462. The molecule has 104 valence electrons. The van der Waals surface area contributed by atoms with Gasteiger partial charge in [-0.2, -0.15) is 0 Å². The summed E-state index contributed by atoms with van der Waals surface area (Å²) in [6.45, 7) is 4.23. The number of nitrogens with one attached hydrogen (secondary N) is 1. The van der Waals surface area contributed by atoms with Crippen LogP contribution in [0.4, 0.5) is 0 Å². The molecular weight excluding hydrogens is 264 g/mol. The first-order valence-corrected chi connectivity index (χ1v) is 7.61. The van der Waals surface area contributed by atoms with E-state index >= 15 is 0 Å². The first-order valence-electron chi connectivity index (χ1n) is 6.13. The third kappa shape index (κ3) is 2.96. The summed E-state index contributed by atoms with van der Waals surface area (Å²) in [6.07, 6.45) is 0.223. The summed E-state index contributed by atoms with van der Waals surface area (Å²) in [6, 6.07) is 4.68. The van der Waals surface area contributed by atoms with Crippen LogP contribution < -0.4 is 4.72 Å². The van der Waals surface area contributed by atoms with Crippen LogP contribution in [0.5, 0.6) is 0 Å². The van der Waals surface area contributed by atoms with Crippen LogP contribution in [0.15, 0.2) is 23.1 Å². The predicted molar refractivity (Wildman–Crippen MR) is 72.3 cm³/mol. The minimum absolute atomic E-state index is 0.0345. The number of benzene rings is 1. The Labute approximate surface area is 113 Å². The zero-order valence-corrected chi connectivity index (χ0v) is 12.1. The molecule has 0 aromatic heterocycles. The van der Waals surface area contributed by atoms with Gasteiger partial charge in [0.25, 0.3) is 0 Å². The number of amides is 1. The Morgan fingerprint density at radius 2 is 1.95 bits per heavy atom. The molecule has 0 bridgehead atoms. The minimum Gasteiger partial charge on any atom is -0.344 e. The van der Waals surface area contributed by atoms with Gasteiger partial charge in [-0.05, 0) is 37.1 Å². The van der Waals surface area contributed by atoms with Gasteiger partial charge < -0.3 is 4.90 Å². The number of likely N-dealkylation sites (N-methyl/N-ethyl adjacent to an activating group) is 1. The molecule has 1 aromatic carbocycles. The van der Waals surface area contributed by atoms with E-state index in [0.29, 0.717) is 6.54 Å². The number of rotatable bonds is 3. The van der Waals surface area contributed by atoms with E-state index in [2.05, 4.69) is 4.72 Å². The second-order valence-electron chi connectivity index (χ2n) is 5.04. The van der Waals surface area contributed by atoms with E-state index in [-0.39, 0.29) is 23.3 Å². The molecule has 1 N–H and O–H groups in total. The standard InChI is InChI=1S/C13H18N2O3S/c1-9-4-5-12(6-10(9)2)19(17,18)14-11-7-13(16)15(3)8-11/h4-6,11,14H,7-8H2,1-3H3. The van der Waals surface area contributed by atoms with E-state index in [1.807, 2.05) is 13.8 Å². The number of carbonyl (C=O) groups excluding carboxylic acids is 1. The second-order valence-corrected chi connectivity index (χ2v) is 6.76. The lowest BCUT2D eigenvalue weighted by molar-refractivity contribution is -0.126. The minimum atomic E-state index is -3.56. The van der Waals surface area contributed by atoms with Crippen LogP contribution in [-0.2, 0) is 14.8 Å². The average molecular weight is 282 g/mol. The number of hydrogen-bond donors (Lipinski definition) is 1. The zero-order valence-electron chi connectivity index (χ0n) is 11.3. The maximum absolute atomic E-state index is 12.2. The molecule has 1 aliphatic heterocycles. The lowest BCUT2D eigenvalue weighted by atomic mass is 10.1. The molecule has 0 aliphatic carbocycles. The van der Waals surface area contributed by atoms with Gasteiger partial charge in [-0.3, -0.25) is 4.79 Å². The molecule has 1 unspecified atom stereocenters. The van der Waals surface area contributed by atoms with Gasteiger partial charge in [0, 0.05) is 26.1 Å². The normalized spacial score (nSPS) is 20.1. The maximum Gasteiger partial charge on any atom is 0.240 e. The highest BCUT2D eigenvalue weighted by Crippen LogP contribution is 2.17. The van der Waals surface area contributed by atoms with Crippen molar-refractivity contribution in [1.29, 1.82) is 0 Å². The quantitative estimate of drug-likeness (QED) is 0.892. The fourth-order valence-corrected chi connectivity index (χ4v) is 3.42. The van der Waals surface area contributed by atoms with Gasteiger partial charge in [0.2, 0.25) is 15.9 Å². The number of likely N-dealkylation sites (tertiary alicyclic amines) is 1. The van der Waals surface area contributed by atoms with Crippen LogP contribution in [-0.4, -0.2) is 38.9 Å². The van der Waals surface area contributed by atoms with Gasteiger partial charge >= 0.3 is 0 Å². The van der Waals surface area contributed by atoms with Crippen molar-refractivity contribution < 1.29 is 13.2 Å². The molecule has 0 radical (unpaired) electrons. The number of nitrogens with zero attached hydrogens (tertiary/aromatic N) is 1. The maximum atomic E-state index is 12.2. The molecule has 6 heteroatoms. The topological polar surface area (TPSA) is 66.5 Å². The van der Waals surface area contributed by atoms with Crippen molar-refractivity contribution in [2.24, 2.45) is 0 Å². The molecular formula is C13H18N2O3S. The van der Waals surface area contributed by atoms with Crippen molar-refractivity contribution in [3.8, 4) is 0 Å². The van der Waals surface area contributed by atoms with Gasteiger partial charge in [-0.25, -0.2) is 13.1 Å². The summed E-state index contributed by atoms with van der Waals surface area (Å²) in [5.41, 5.74) is 1.98. The summed E-state index contributed by atoms with van der Waals surface area (Å²) in [5, 5.41) is 0. The van der Waals surface area contributed by atoms with Crippen LogP contribution in [0.2, 0.25) is 0 Å². The number of hydrogen-bond acceptors (Lipinski definition) is 3. The van der Waals surface area contributed by atoms with Crippen LogP contribution in [0.25, 0.3) is 0 Å².